The summed E-state index contributed by atoms with van der Waals surface area (Å²) in [6.45, 7) is 2.83. The van der Waals surface area contributed by atoms with Gasteiger partial charge >= 0.3 is 0 Å². The number of carbonyl (C=O) groups is 1. The van der Waals surface area contributed by atoms with Gasteiger partial charge in [0.2, 0.25) is 0 Å². The van der Waals surface area contributed by atoms with E-state index >= 15 is 0 Å². The highest BCUT2D eigenvalue weighted by atomic mass is 35.5. The Kier molecular flexibility index (Phi) is 5.93. The Morgan fingerprint density at radius 1 is 1.31 bits per heavy atom. The van der Waals surface area contributed by atoms with Crippen LogP contribution < -0.4 is 5.32 Å². The molecule has 4 rings (SSSR count). The highest BCUT2D eigenvalue weighted by Gasteiger charge is 2.38. The monoisotopic (exact) mass is 418 g/mol. The van der Waals surface area contributed by atoms with Gasteiger partial charge in [-0.05, 0) is 43.4 Å². The molecule has 1 aliphatic carbocycles. The fourth-order valence-corrected chi connectivity index (χ4v) is 5.24. The van der Waals surface area contributed by atoms with E-state index in [0.717, 1.165) is 50.9 Å². The third-order valence-corrected chi connectivity index (χ3v) is 6.83. The average Bonchev–Trinajstić information content (AvgIpc) is 3.30. The molecular formula is C22H28ClFN4O. The lowest BCUT2D eigenvalue weighted by Crippen LogP contribution is -2.48. The highest BCUT2D eigenvalue weighted by molar-refractivity contribution is 6.33. The molecule has 1 saturated carbocycles. The second-order valence-electron chi connectivity index (χ2n) is 8.49. The summed E-state index contributed by atoms with van der Waals surface area (Å²) in [5.41, 5.74) is 1.60. The fraction of sp³-hybridized carbons (Fsp3) is 0.545. The van der Waals surface area contributed by atoms with Crippen molar-refractivity contribution in [1.29, 1.82) is 0 Å². The number of carbonyl (C=O) groups excluding carboxylic acids is 1. The predicted octanol–water partition coefficient (Wildman–Crippen LogP) is 3.92. The van der Waals surface area contributed by atoms with Crippen molar-refractivity contribution < 1.29 is 9.18 Å². The molecule has 2 fully saturated rings. The number of hydrogen-bond donors (Lipinski definition) is 1. The van der Waals surface area contributed by atoms with E-state index in [-0.39, 0.29) is 23.2 Å². The maximum atomic E-state index is 13.8. The van der Waals surface area contributed by atoms with E-state index in [4.69, 9.17) is 11.6 Å². The third kappa shape index (κ3) is 4.33. The minimum absolute atomic E-state index is 0.0560. The number of piperidine rings is 1. The van der Waals surface area contributed by atoms with Gasteiger partial charge in [0, 0.05) is 38.1 Å². The number of amides is 1. The van der Waals surface area contributed by atoms with Gasteiger partial charge in [0.25, 0.3) is 5.91 Å². The topological polar surface area (TPSA) is 50.2 Å². The first-order valence-corrected chi connectivity index (χ1v) is 10.8. The summed E-state index contributed by atoms with van der Waals surface area (Å²) < 4.78 is 15.4. The van der Waals surface area contributed by atoms with Crippen molar-refractivity contribution in [2.24, 2.45) is 7.05 Å². The molecule has 2 aromatic rings. The Labute approximate surface area is 176 Å². The molecular weight excluding hydrogens is 391 g/mol. The van der Waals surface area contributed by atoms with Crippen molar-refractivity contribution in [2.75, 3.05) is 19.6 Å². The second-order valence-corrected chi connectivity index (χ2v) is 8.89. The Morgan fingerprint density at radius 3 is 2.66 bits per heavy atom. The number of nitrogens with zero attached hydrogens (tertiary/aromatic N) is 3. The molecule has 2 aliphatic rings. The number of aryl methyl sites for hydroxylation is 1. The zero-order chi connectivity index (χ0) is 20.4. The van der Waals surface area contributed by atoms with Crippen LogP contribution in [0.5, 0.6) is 0 Å². The standard InChI is InChI=1S/C22H28ClFN4O/c1-27-20(19(23)14-25-27)21(29)26-18-7-11-28(12-8-18)15-22(9-2-3-10-22)16-5-4-6-17(24)13-16/h4-6,13-14,18H,2-3,7-12,15H2,1H3,(H,26,29). The van der Waals surface area contributed by atoms with E-state index in [1.807, 2.05) is 6.07 Å². The molecule has 1 aromatic heterocycles. The van der Waals surface area contributed by atoms with E-state index in [0.29, 0.717) is 10.7 Å². The van der Waals surface area contributed by atoms with Crippen molar-refractivity contribution in [2.45, 2.75) is 50.0 Å². The molecule has 1 amide bonds. The average molecular weight is 419 g/mol. The van der Waals surface area contributed by atoms with E-state index < -0.39 is 0 Å². The largest absolute Gasteiger partial charge is 0.348 e. The Hall–Kier alpha value is -1.92. The van der Waals surface area contributed by atoms with E-state index in [9.17, 15) is 9.18 Å². The molecule has 0 spiro atoms. The van der Waals surface area contributed by atoms with Gasteiger partial charge in [0.05, 0.1) is 11.2 Å². The Bertz CT molecular complexity index is 850. The molecule has 0 atom stereocenters. The van der Waals surface area contributed by atoms with E-state index in [1.54, 1.807) is 13.1 Å². The summed E-state index contributed by atoms with van der Waals surface area (Å²) in [7, 11) is 1.72. The fourth-order valence-electron chi connectivity index (χ4n) is 4.99. The third-order valence-electron chi connectivity index (χ3n) is 6.56. The quantitative estimate of drug-likeness (QED) is 0.800. The molecule has 1 N–H and O–H groups in total. The van der Waals surface area contributed by atoms with Gasteiger partial charge in [-0.2, -0.15) is 5.10 Å². The molecule has 0 radical (unpaired) electrons. The first-order chi connectivity index (χ1) is 14.0. The smallest absolute Gasteiger partial charge is 0.271 e. The van der Waals surface area contributed by atoms with Crippen molar-refractivity contribution in [3.63, 3.8) is 0 Å². The second kappa shape index (κ2) is 8.44. The molecule has 5 nitrogen and oxygen atoms in total. The summed E-state index contributed by atoms with van der Waals surface area (Å²) in [5.74, 6) is -0.315. The Morgan fingerprint density at radius 2 is 2.03 bits per heavy atom. The molecule has 7 heteroatoms. The van der Waals surface area contributed by atoms with E-state index in [1.165, 1.54) is 29.8 Å². The first kappa shape index (κ1) is 20.4. The van der Waals surface area contributed by atoms with Crippen LogP contribution in [0, 0.1) is 5.82 Å². The summed E-state index contributed by atoms with van der Waals surface area (Å²) in [6.07, 6.45) is 7.94. The molecule has 156 valence electrons. The maximum absolute atomic E-state index is 13.8. The lowest BCUT2D eigenvalue weighted by atomic mass is 9.78. The van der Waals surface area contributed by atoms with Gasteiger partial charge in [0.15, 0.2) is 0 Å². The van der Waals surface area contributed by atoms with Crippen LogP contribution in [0.3, 0.4) is 0 Å². The predicted molar refractivity (Wildman–Crippen MR) is 112 cm³/mol. The van der Waals surface area contributed by atoms with Crippen LogP contribution in [-0.2, 0) is 12.5 Å². The van der Waals surface area contributed by atoms with Crippen molar-refractivity contribution in [3.8, 4) is 0 Å². The zero-order valence-electron chi connectivity index (χ0n) is 16.8. The molecule has 1 aliphatic heterocycles. The summed E-state index contributed by atoms with van der Waals surface area (Å²) in [6, 6.07) is 7.29. The van der Waals surface area contributed by atoms with Gasteiger partial charge in [-0.1, -0.05) is 36.6 Å². The van der Waals surface area contributed by atoms with Gasteiger partial charge < -0.3 is 10.2 Å². The SMILES string of the molecule is Cn1ncc(Cl)c1C(=O)NC1CCN(CC2(c3cccc(F)c3)CCCC2)CC1. The summed E-state index contributed by atoms with van der Waals surface area (Å²) >= 11 is 6.08. The number of benzene rings is 1. The molecule has 2 heterocycles. The lowest BCUT2D eigenvalue weighted by molar-refractivity contribution is 0.0891. The van der Waals surface area contributed by atoms with E-state index in [2.05, 4.69) is 21.4 Å². The summed E-state index contributed by atoms with van der Waals surface area (Å²) in [4.78, 5) is 15.0. The molecule has 0 bridgehead atoms. The number of aromatic nitrogens is 2. The zero-order valence-corrected chi connectivity index (χ0v) is 17.6. The van der Waals surface area contributed by atoms with Crippen LogP contribution in [0.15, 0.2) is 30.5 Å². The van der Waals surface area contributed by atoms with Crippen molar-refractivity contribution >= 4 is 17.5 Å². The Balaban J connectivity index is 1.36. The van der Waals surface area contributed by atoms with Crippen LogP contribution in [0.1, 0.15) is 54.6 Å². The lowest BCUT2D eigenvalue weighted by Gasteiger charge is -2.39. The van der Waals surface area contributed by atoms with Gasteiger partial charge in [-0.3, -0.25) is 9.48 Å². The minimum atomic E-state index is -0.166. The number of nitrogens with one attached hydrogen (secondary N) is 1. The van der Waals surface area contributed by atoms with Gasteiger partial charge in [-0.25, -0.2) is 4.39 Å². The van der Waals surface area contributed by atoms with Gasteiger partial charge in [-0.15, -0.1) is 0 Å². The number of hydrogen-bond acceptors (Lipinski definition) is 3. The molecule has 1 saturated heterocycles. The van der Waals surface area contributed by atoms with Crippen LogP contribution in [0.4, 0.5) is 4.39 Å². The van der Waals surface area contributed by atoms with Crippen LogP contribution in [-0.4, -0.2) is 46.3 Å². The van der Waals surface area contributed by atoms with Crippen molar-refractivity contribution in [1.82, 2.24) is 20.0 Å². The maximum Gasteiger partial charge on any atom is 0.271 e. The van der Waals surface area contributed by atoms with Gasteiger partial charge in [0.1, 0.15) is 11.5 Å². The van der Waals surface area contributed by atoms with Crippen LogP contribution >= 0.6 is 11.6 Å². The molecule has 29 heavy (non-hydrogen) atoms. The van der Waals surface area contributed by atoms with Crippen LogP contribution in [0.2, 0.25) is 5.02 Å². The number of likely N-dealkylation sites (tertiary alicyclic amines) is 1. The number of rotatable bonds is 5. The first-order valence-electron chi connectivity index (χ1n) is 10.4. The normalized spacial score (nSPS) is 20.1. The molecule has 1 aromatic carbocycles. The minimum Gasteiger partial charge on any atom is -0.348 e. The summed E-state index contributed by atoms with van der Waals surface area (Å²) in [5, 5.41) is 7.51. The molecule has 0 unspecified atom stereocenters. The number of halogens is 2. The van der Waals surface area contributed by atoms with Crippen LogP contribution in [0.25, 0.3) is 0 Å². The van der Waals surface area contributed by atoms with Crippen molar-refractivity contribution in [3.05, 3.63) is 52.6 Å². The highest BCUT2D eigenvalue weighted by Crippen LogP contribution is 2.42.